The van der Waals surface area contributed by atoms with Gasteiger partial charge in [0.25, 0.3) is 0 Å². The topological polar surface area (TPSA) is 92.1 Å². The van der Waals surface area contributed by atoms with Gasteiger partial charge in [0.2, 0.25) is 0 Å². The van der Waals surface area contributed by atoms with Crippen LogP contribution in [-0.2, 0) is 13.0 Å². The Kier molecular flexibility index (Phi) is 6.38. The van der Waals surface area contributed by atoms with Crippen LogP contribution in [-0.4, -0.2) is 45.4 Å². The van der Waals surface area contributed by atoms with E-state index >= 15 is 0 Å². The van der Waals surface area contributed by atoms with E-state index in [0.29, 0.717) is 26.1 Å². The molecule has 0 radical (unpaired) electrons. The Morgan fingerprint density at radius 3 is 2.91 bits per heavy atom. The lowest BCUT2D eigenvalue weighted by atomic mass is 10.0. The van der Waals surface area contributed by atoms with Gasteiger partial charge in [-0.1, -0.05) is 6.07 Å². The molecule has 2 rings (SSSR count). The smallest absolute Gasteiger partial charge is 0.314 e. The summed E-state index contributed by atoms with van der Waals surface area (Å²) in [5.74, 6) is -0.0469. The zero-order valence-electron chi connectivity index (χ0n) is 12.4. The van der Waals surface area contributed by atoms with Gasteiger partial charge in [-0.15, -0.1) is 0 Å². The van der Waals surface area contributed by atoms with Gasteiger partial charge in [-0.2, -0.15) is 0 Å². The Bertz CT molecular complexity index is 544. The van der Waals surface area contributed by atoms with Gasteiger partial charge < -0.3 is 20.3 Å². The maximum atomic E-state index is 11.7. The van der Waals surface area contributed by atoms with Crippen molar-refractivity contribution < 1.29 is 9.90 Å². The molecule has 1 atom stereocenters. The van der Waals surface area contributed by atoms with E-state index < -0.39 is 0 Å². The van der Waals surface area contributed by atoms with Gasteiger partial charge in [0.1, 0.15) is 0 Å². The minimum absolute atomic E-state index is 0.00584. The van der Waals surface area contributed by atoms with Crippen molar-refractivity contribution in [1.29, 1.82) is 0 Å². The molecule has 0 aliphatic heterocycles. The van der Waals surface area contributed by atoms with Crippen molar-refractivity contribution in [3.63, 3.8) is 0 Å². The molecule has 2 heterocycles. The molecule has 2 aromatic rings. The predicted molar refractivity (Wildman–Crippen MR) is 82.1 cm³/mol. The zero-order chi connectivity index (χ0) is 15.6. The number of urea groups is 1. The number of hydrogen-bond acceptors (Lipinski definition) is 4. The summed E-state index contributed by atoms with van der Waals surface area (Å²) in [5, 5.41) is 14.9. The molecule has 0 aromatic carbocycles. The summed E-state index contributed by atoms with van der Waals surface area (Å²) in [6, 6.07) is 5.43. The third-order valence-corrected chi connectivity index (χ3v) is 3.25. The fourth-order valence-corrected chi connectivity index (χ4v) is 2.03. The first-order valence-corrected chi connectivity index (χ1v) is 7.26. The number of aromatic nitrogens is 3. The number of amides is 2. The van der Waals surface area contributed by atoms with E-state index in [0.717, 1.165) is 5.69 Å². The first-order valence-electron chi connectivity index (χ1n) is 7.26. The molecule has 22 heavy (non-hydrogen) atoms. The van der Waals surface area contributed by atoms with E-state index in [1.165, 1.54) is 0 Å². The Morgan fingerprint density at radius 1 is 1.32 bits per heavy atom. The minimum atomic E-state index is -0.236. The standard InChI is InChI=1S/C15H21N5O2/c21-11-13(9-14-3-1-2-4-17-14)10-19-15(22)18-6-8-20-7-5-16-12-20/h1-5,7,12-13,21H,6,8-11H2,(H2,18,19,22). The molecule has 0 aliphatic rings. The molecule has 2 amide bonds. The molecule has 0 spiro atoms. The van der Waals surface area contributed by atoms with Crippen molar-refractivity contribution in [2.45, 2.75) is 13.0 Å². The Hall–Kier alpha value is -2.41. The molecule has 0 bridgehead atoms. The van der Waals surface area contributed by atoms with Crippen LogP contribution in [0.15, 0.2) is 43.1 Å². The number of aliphatic hydroxyl groups excluding tert-OH is 1. The minimum Gasteiger partial charge on any atom is -0.396 e. The first kappa shape index (κ1) is 16.0. The second kappa shape index (κ2) is 8.78. The molecule has 118 valence electrons. The van der Waals surface area contributed by atoms with Gasteiger partial charge in [-0.3, -0.25) is 4.98 Å². The highest BCUT2D eigenvalue weighted by Gasteiger charge is 2.11. The summed E-state index contributed by atoms with van der Waals surface area (Å²) in [6.07, 6.45) is 7.60. The SMILES string of the molecule is O=C(NCCn1ccnc1)NCC(CO)Cc1ccccn1. The largest absolute Gasteiger partial charge is 0.396 e. The first-order chi connectivity index (χ1) is 10.8. The van der Waals surface area contributed by atoms with E-state index in [9.17, 15) is 9.90 Å². The lowest BCUT2D eigenvalue weighted by Gasteiger charge is -2.15. The molecule has 3 N–H and O–H groups in total. The molecular formula is C15H21N5O2. The highest BCUT2D eigenvalue weighted by Crippen LogP contribution is 2.04. The summed E-state index contributed by atoms with van der Waals surface area (Å²) >= 11 is 0. The number of carbonyl (C=O) groups excluding carboxylic acids is 1. The van der Waals surface area contributed by atoms with Gasteiger partial charge in [0.05, 0.1) is 6.33 Å². The normalized spacial score (nSPS) is 11.9. The fraction of sp³-hybridized carbons (Fsp3) is 0.400. The zero-order valence-corrected chi connectivity index (χ0v) is 12.4. The molecule has 0 saturated carbocycles. The van der Waals surface area contributed by atoms with Gasteiger partial charge in [0, 0.05) is 56.4 Å². The number of pyridine rings is 1. The van der Waals surface area contributed by atoms with Gasteiger partial charge in [-0.25, -0.2) is 9.78 Å². The van der Waals surface area contributed by atoms with E-state index in [2.05, 4.69) is 20.6 Å². The monoisotopic (exact) mass is 303 g/mol. The van der Waals surface area contributed by atoms with Crippen LogP contribution in [0.4, 0.5) is 4.79 Å². The maximum Gasteiger partial charge on any atom is 0.314 e. The number of nitrogens with zero attached hydrogens (tertiary/aromatic N) is 3. The van der Waals surface area contributed by atoms with E-state index in [-0.39, 0.29) is 18.6 Å². The second-order valence-electron chi connectivity index (χ2n) is 5.01. The highest BCUT2D eigenvalue weighted by atomic mass is 16.3. The van der Waals surface area contributed by atoms with Crippen molar-refractivity contribution in [3.05, 3.63) is 48.8 Å². The van der Waals surface area contributed by atoms with Crippen LogP contribution >= 0.6 is 0 Å². The Labute approximate surface area is 129 Å². The van der Waals surface area contributed by atoms with Crippen LogP contribution in [0.5, 0.6) is 0 Å². The average molecular weight is 303 g/mol. The van der Waals surface area contributed by atoms with Gasteiger partial charge in [0.15, 0.2) is 0 Å². The van der Waals surface area contributed by atoms with Crippen LogP contribution < -0.4 is 10.6 Å². The maximum absolute atomic E-state index is 11.7. The van der Waals surface area contributed by atoms with Crippen molar-refractivity contribution >= 4 is 6.03 Å². The Morgan fingerprint density at radius 2 is 2.23 bits per heavy atom. The quantitative estimate of drug-likeness (QED) is 0.659. The molecule has 0 fully saturated rings. The lowest BCUT2D eigenvalue weighted by molar-refractivity contribution is 0.213. The van der Waals surface area contributed by atoms with Gasteiger partial charge in [-0.05, 0) is 18.6 Å². The van der Waals surface area contributed by atoms with Crippen molar-refractivity contribution in [2.75, 3.05) is 19.7 Å². The molecule has 1 unspecified atom stereocenters. The van der Waals surface area contributed by atoms with Crippen LogP contribution in [0.3, 0.4) is 0 Å². The number of hydrogen-bond donors (Lipinski definition) is 3. The van der Waals surface area contributed by atoms with Crippen molar-refractivity contribution in [3.8, 4) is 0 Å². The van der Waals surface area contributed by atoms with Crippen LogP contribution in [0.1, 0.15) is 5.69 Å². The molecule has 0 saturated heterocycles. The summed E-state index contributed by atoms with van der Waals surface area (Å²) < 4.78 is 1.89. The third kappa shape index (κ3) is 5.53. The predicted octanol–water partition coefficient (Wildman–Crippen LogP) is 0.428. The van der Waals surface area contributed by atoms with Gasteiger partial charge >= 0.3 is 6.03 Å². The Balaban J connectivity index is 1.65. The average Bonchev–Trinajstić information content (AvgIpc) is 3.05. The number of aliphatic hydroxyl groups is 1. The molecule has 2 aromatic heterocycles. The van der Waals surface area contributed by atoms with Crippen LogP contribution in [0, 0.1) is 5.92 Å². The molecular weight excluding hydrogens is 282 g/mol. The van der Waals surface area contributed by atoms with Crippen LogP contribution in [0.2, 0.25) is 0 Å². The molecule has 7 nitrogen and oxygen atoms in total. The summed E-state index contributed by atoms with van der Waals surface area (Å²) in [7, 11) is 0. The summed E-state index contributed by atoms with van der Waals surface area (Å²) in [5.41, 5.74) is 0.906. The van der Waals surface area contributed by atoms with E-state index in [1.54, 1.807) is 18.7 Å². The van der Waals surface area contributed by atoms with E-state index in [1.807, 2.05) is 29.0 Å². The van der Waals surface area contributed by atoms with Crippen molar-refractivity contribution in [2.24, 2.45) is 5.92 Å². The highest BCUT2D eigenvalue weighted by molar-refractivity contribution is 5.73. The second-order valence-corrected chi connectivity index (χ2v) is 5.01. The van der Waals surface area contributed by atoms with Crippen LogP contribution in [0.25, 0.3) is 0 Å². The number of rotatable bonds is 8. The third-order valence-electron chi connectivity index (χ3n) is 3.25. The molecule has 0 aliphatic carbocycles. The summed E-state index contributed by atoms with van der Waals surface area (Å²) in [6.45, 7) is 1.60. The lowest BCUT2D eigenvalue weighted by Crippen LogP contribution is -2.40. The number of nitrogens with one attached hydrogen (secondary N) is 2. The summed E-state index contributed by atoms with van der Waals surface area (Å²) in [4.78, 5) is 19.9. The number of imidazole rings is 1. The number of carbonyl (C=O) groups is 1. The molecule has 7 heteroatoms. The fourth-order valence-electron chi connectivity index (χ4n) is 2.03. The van der Waals surface area contributed by atoms with E-state index in [4.69, 9.17) is 0 Å². The van der Waals surface area contributed by atoms with Crippen molar-refractivity contribution in [1.82, 2.24) is 25.2 Å².